The van der Waals surface area contributed by atoms with Gasteiger partial charge >= 0.3 is 29.6 Å². The van der Waals surface area contributed by atoms with Crippen LogP contribution in [0, 0.1) is 12.3 Å². The maximum absolute atomic E-state index is 12.7. The Morgan fingerprint density at radius 1 is 1.04 bits per heavy atom. The van der Waals surface area contributed by atoms with Crippen molar-refractivity contribution in [3.8, 4) is 12.3 Å². The molecule has 0 atom stereocenters. The second-order valence-corrected chi connectivity index (χ2v) is 14.2. The summed E-state index contributed by atoms with van der Waals surface area (Å²) in [7, 11) is -4.27. The van der Waals surface area contributed by atoms with Gasteiger partial charge in [-0.05, 0) is 62.9 Å². The molecule has 1 N–H and O–H groups in total. The first-order chi connectivity index (χ1) is 20.8. The summed E-state index contributed by atoms with van der Waals surface area (Å²) in [5.74, 6) is 1.83. The third-order valence-corrected chi connectivity index (χ3v) is 9.61. The van der Waals surface area contributed by atoms with E-state index in [-0.39, 0.29) is 59.6 Å². The predicted molar refractivity (Wildman–Crippen MR) is 178 cm³/mol. The number of carbonyl (C=O) groups excluding carboxylic acids is 1. The first kappa shape index (κ1) is 36.8. The zero-order valence-electron chi connectivity index (χ0n) is 27.7. The molecule has 45 heavy (non-hydrogen) atoms. The normalized spacial score (nSPS) is 17.3. The Kier molecular flexibility index (Phi) is 12.5. The standard InChI is InChI=1S/C36H45N3O4S.Na/c1-7-9-12-23-38-30-17-11-10-16-28(30)35(3,4)32(38)18-15-19-33-36(5,6)29-26-27(34(40)37-22-8-2)20-21-31(29)39(33)24-13-14-25-44(41,42)43;/h2,10-11,15-21,26H,7,9,12-14,22-25H2,1,3-6H3,(H-,37,40,41,42,43);/q;+1. The van der Waals surface area contributed by atoms with Crippen molar-refractivity contribution in [1.29, 1.82) is 0 Å². The Labute approximate surface area is 291 Å². The molecule has 2 aliphatic heterocycles. The van der Waals surface area contributed by atoms with Gasteiger partial charge in [-0.3, -0.25) is 4.79 Å². The maximum atomic E-state index is 12.7. The number of hydrogen-bond donors (Lipinski definition) is 1. The summed E-state index contributed by atoms with van der Waals surface area (Å²) in [6.07, 6.45) is 16.1. The number of nitrogens with one attached hydrogen (secondary N) is 1. The van der Waals surface area contributed by atoms with Crippen LogP contribution in [0.2, 0.25) is 0 Å². The molecule has 2 aromatic carbocycles. The Balaban J connectivity index is 0.00000552. The summed E-state index contributed by atoms with van der Waals surface area (Å²) >= 11 is 0. The number of terminal acetylenes is 1. The monoisotopic (exact) mass is 638 g/mol. The number of amides is 1. The number of carbonyl (C=O) groups is 1. The summed E-state index contributed by atoms with van der Waals surface area (Å²) in [6, 6.07) is 14.3. The van der Waals surface area contributed by atoms with Crippen molar-refractivity contribution in [2.45, 2.75) is 77.6 Å². The Morgan fingerprint density at radius 2 is 1.78 bits per heavy atom. The van der Waals surface area contributed by atoms with Gasteiger partial charge in [0.2, 0.25) is 5.69 Å². The van der Waals surface area contributed by atoms with Gasteiger partial charge in [0.05, 0.1) is 22.1 Å². The Morgan fingerprint density at radius 3 is 2.47 bits per heavy atom. The van der Waals surface area contributed by atoms with E-state index in [0.29, 0.717) is 18.5 Å². The molecule has 0 saturated heterocycles. The molecule has 2 aliphatic rings. The van der Waals surface area contributed by atoms with E-state index in [1.165, 1.54) is 23.4 Å². The molecule has 0 aromatic heterocycles. The Hall–Kier alpha value is -2.67. The zero-order valence-corrected chi connectivity index (χ0v) is 30.5. The van der Waals surface area contributed by atoms with Crippen LogP contribution in [0.1, 0.15) is 88.2 Å². The van der Waals surface area contributed by atoms with Crippen molar-refractivity contribution < 1.29 is 51.9 Å². The molecular formula is C36H45N3NaO4S+. The summed E-state index contributed by atoms with van der Waals surface area (Å²) in [5, 5.41) is 2.74. The van der Waals surface area contributed by atoms with Crippen molar-refractivity contribution in [3.05, 3.63) is 83.1 Å². The van der Waals surface area contributed by atoms with E-state index in [9.17, 15) is 17.8 Å². The number of anilines is 1. The number of allylic oxidation sites excluding steroid dienone is 4. The molecule has 4 rings (SSSR count). The third-order valence-electron chi connectivity index (χ3n) is 8.82. The van der Waals surface area contributed by atoms with Gasteiger partial charge in [0, 0.05) is 58.8 Å². The van der Waals surface area contributed by atoms with Crippen LogP contribution >= 0.6 is 0 Å². The SMILES string of the molecule is C#CCNC(=O)c1ccc2c(c1)C(C)(C)/C(=C\C=C\C1=[N+](CCCCC)c3ccccc3C1(C)C)N2CCCCS(=O)(=O)[O-].[Na+]. The minimum atomic E-state index is -4.27. The van der Waals surface area contributed by atoms with Gasteiger partial charge in [-0.1, -0.05) is 57.4 Å². The first-order valence-electron chi connectivity index (χ1n) is 15.5. The number of nitrogens with zero attached hydrogens (tertiary/aromatic N) is 2. The van der Waals surface area contributed by atoms with Crippen LogP contribution in [0.4, 0.5) is 11.4 Å². The molecule has 0 bridgehead atoms. The van der Waals surface area contributed by atoms with Gasteiger partial charge in [-0.2, -0.15) is 4.58 Å². The van der Waals surface area contributed by atoms with E-state index < -0.39 is 15.5 Å². The van der Waals surface area contributed by atoms with E-state index in [4.69, 9.17) is 6.42 Å². The van der Waals surface area contributed by atoms with Gasteiger partial charge in [0.15, 0.2) is 5.71 Å². The van der Waals surface area contributed by atoms with Crippen LogP contribution in [0.15, 0.2) is 66.4 Å². The van der Waals surface area contributed by atoms with Crippen molar-refractivity contribution in [3.63, 3.8) is 0 Å². The summed E-state index contributed by atoms with van der Waals surface area (Å²) < 4.78 is 36.2. The number of benzene rings is 2. The van der Waals surface area contributed by atoms with E-state index in [2.05, 4.69) is 97.8 Å². The number of fused-ring (bicyclic) bond motifs is 2. The van der Waals surface area contributed by atoms with E-state index in [1.807, 2.05) is 12.1 Å². The summed E-state index contributed by atoms with van der Waals surface area (Å²) in [4.78, 5) is 14.9. The van der Waals surface area contributed by atoms with Crippen molar-refractivity contribution >= 4 is 33.1 Å². The fourth-order valence-electron chi connectivity index (χ4n) is 6.47. The average Bonchev–Trinajstić information content (AvgIpc) is 3.32. The number of unbranched alkanes of at least 4 members (excludes halogenated alkanes) is 3. The molecule has 0 radical (unpaired) electrons. The smallest absolute Gasteiger partial charge is 0.748 e. The molecule has 7 nitrogen and oxygen atoms in total. The molecule has 0 aliphatic carbocycles. The van der Waals surface area contributed by atoms with Crippen molar-refractivity contribution in [2.75, 3.05) is 30.3 Å². The largest absolute Gasteiger partial charge is 1.00 e. The van der Waals surface area contributed by atoms with Gasteiger partial charge in [0.25, 0.3) is 5.91 Å². The predicted octanol–water partition coefficient (Wildman–Crippen LogP) is 3.18. The van der Waals surface area contributed by atoms with Crippen molar-refractivity contribution in [1.82, 2.24) is 5.32 Å². The summed E-state index contributed by atoms with van der Waals surface area (Å²) in [6.45, 7) is 12.7. The molecular weight excluding hydrogens is 593 g/mol. The van der Waals surface area contributed by atoms with E-state index in [0.717, 1.165) is 36.3 Å². The number of hydrogen-bond acceptors (Lipinski definition) is 5. The minimum absolute atomic E-state index is 0. The molecule has 234 valence electrons. The maximum Gasteiger partial charge on any atom is 1.00 e. The molecule has 0 saturated carbocycles. The second kappa shape index (κ2) is 15.3. The minimum Gasteiger partial charge on any atom is -0.748 e. The molecule has 9 heteroatoms. The van der Waals surface area contributed by atoms with Crippen LogP contribution in [0.3, 0.4) is 0 Å². The van der Waals surface area contributed by atoms with Crippen LogP contribution in [0.5, 0.6) is 0 Å². The Bertz CT molecular complexity index is 1650. The van der Waals surface area contributed by atoms with Crippen LogP contribution in [-0.2, 0) is 20.9 Å². The summed E-state index contributed by atoms with van der Waals surface area (Å²) in [5.41, 5.74) is 6.79. The molecule has 0 fully saturated rings. The molecule has 1 amide bonds. The fraction of sp³-hybridized carbons (Fsp3) is 0.444. The van der Waals surface area contributed by atoms with E-state index in [1.54, 1.807) is 6.07 Å². The molecule has 0 unspecified atom stereocenters. The van der Waals surface area contributed by atoms with Crippen molar-refractivity contribution in [2.24, 2.45) is 0 Å². The number of rotatable bonds is 13. The topological polar surface area (TPSA) is 92.6 Å². The van der Waals surface area contributed by atoms with Crippen LogP contribution in [0.25, 0.3) is 0 Å². The molecule has 0 spiro atoms. The molecule has 2 heterocycles. The van der Waals surface area contributed by atoms with Gasteiger partial charge < -0.3 is 14.8 Å². The van der Waals surface area contributed by atoms with Gasteiger partial charge in [-0.15, -0.1) is 6.42 Å². The van der Waals surface area contributed by atoms with Gasteiger partial charge in [0.1, 0.15) is 6.54 Å². The average molecular weight is 639 g/mol. The van der Waals surface area contributed by atoms with Gasteiger partial charge in [-0.25, -0.2) is 8.42 Å². The molecule has 2 aromatic rings. The quantitative estimate of drug-likeness (QED) is 0.120. The van der Waals surface area contributed by atoms with E-state index >= 15 is 0 Å². The number of para-hydroxylation sites is 1. The zero-order chi connectivity index (χ0) is 32.1. The first-order valence-corrected chi connectivity index (χ1v) is 17.1. The van der Waals surface area contributed by atoms with Crippen LogP contribution < -0.4 is 39.8 Å². The second-order valence-electron chi connectivity index (χ2n) is 12.7. The van der Waals surface area contributed by atoms with Crippen LogP contribution in [-0.4, -0.2) is 54.6 Å². The third kappa shape index (κ3) is 8.19. The fourth-order valence-corrected chi connectivity index (χ4v) is 7.03.